The molecule has 0 aliphatic rings. The fraction of sp³-hybridized carbons (Fsp3) is 1.00. The fourth-order valence-electron chi connectivity index (χ4n) is 6.96. The Balaban J connectivity index is 3.88. The lowest BCUT2D eigenvalue weighted by Crippen LogP contribution is -2.22. The topological polar surface area (TPSA) is 83.8 Å². The maximum Gasteiger partial charge on any atom is 0.397 e. The lowest BCUT2D eigenvalue weighted by Gasteiger charge is -2.20. The summed E-state index contributed by atoms with van der Waals surface area (Å²) in [6.07, 6.45) is 45.5. The molecule has 2 N–H and O–H groups in total. The third-order valence-electron chi connectivity index (χ3n) is 9.95. The SMILES string of the molecule is CCCCCCCCCCCCCCCCCCC(CCCCCCCCCCCCCCCCCC)CC(O)COS(=O)(=O)O. The molecule has 5 nitrogen and oxygen atoms in total. The van der Waals surface area contributed by atoms with Crippen molar-refractivity contribution in [2.45, 2.75) is 245 Å². The number of hydrogen-bond acceptors (Lipinski definition) is 4. The van der Waals surface area contributed by atoms with Crippen LogP contribution in [0.2, 0.25) is 0 Å². The Morgan fingerprint density at radius 2 is 0.674 bits per heavy atom. The van der Waals surface area contributed by atoms with Gasteiger partial charge in [-0.3, -0.25) is 4.55 Å². The molecule has 0 amide bonds. The summed E-state index contributed by atoms with van der Waals surface area (Å²) in [5.74, 6) is 0.387. The van der Waals surface area contributed by atoms with Crippen LogP contribution in [-0.4, -0.2) is 30.8 Å². The number of rotatable bonds is 39. The van der Waals surface area contributed by atoms with Gasteiger partial charge in [-0.25, -0.2) is 4.18 Å². The fourth-order valence-corrected chi connectivity index (χ4v) is 7.29. The van der Waals surface area contributed by atoms with E-state index >= 15 is 0 Å². The summed E-state index contributed by atoms with van der Waals surface area (Å²) in [6.45, 7) is 4.21. The van der Waals surface area contributed by atoms with E-state index < -0.39 is 16.5 Å². The Morgan fingerprint density at radius 3 is 0.913 bits per heavy atom. The lowest BCUT2D eigenvalue weighted by atomic mass is 9.89. The van der Waals surface area contributed by atoms with Crippen LogP contribution < -0.4 is 0 Å². The van der Waals surface area contributed by atoms with Gasteiger partial charge in [-0.15, -0.1) is 0 Å². The number of hydrogen-bond donors (Lipinski definition) is 2. The molecule has 46 heavy (non-hydrogen) atoms. The quantitative estimate of drug-likeness (QED) is 0.0501. The molecule has 0 rings (SSSR count). The molecular weight excluding hydrogens is 593 g/mol. The monoisotopic (exact) mass is 675 g/mol. The molecule has 0 heterocycles. The number of unbranched alkanes of at least 4 members (excludes halogenated alkanes) is 30. The van der Waals surface area contributed by atoms with E-state index in [1.54, 1.807) is 0 Å². The second-order valence-corrected chi connectivity index (χ2v) is 15.7. The van der Waals surface area contributed by atoms with Gasteiger partial charge in [-0.05, 0) is 12.3 Å². The summed E-state index contributed by atoms with van der Waals surface area (Å²) in [7, 11) is -4.50. The number of aliphatic hydroxyl groups is 1. The van der Waals surface area contributed by atoms with Crippen LogP contribution in [0.25, 0.3) is 0 Å². The Morgan fingerprint density at radius 1 is 0.435 bits per heavy atom. The van der Waals surface area contributed by atoms with E-state index in [4.69, 9.17) is 4.55 Å². The first kappa shape index (κ1) is 45.8. The van der Waals surface area contributed by atoms with Crippen molar-refractivity contribution in [1.29, 1.82) is 0 Å². The third kappa shape index (κ3) is 38.3. The Kier molecular flexibility index (Phi) is 36.0. The van der Waals surface area contributed by atoms with Crippen LogP contribution in [0.4, 0.5) is 0 Å². The minimum absolute atomic E-state index is 0.354. The first-order chi connectivity index (χ1) is 22.4. The smallest absolute Gasteiger partial charge is 0.391 e. The van der Waals surface area contributed by atoms with Crippen molar-refractivity contribution in [3.63, 3.8) is 0 Å². The van der Waals surface area contributed by atoms with Crippen LogP contribution in [-0.2, 0) is 14.6 Å². The molecule has 0 aromatic carbocycles. The van der Waals surface area contributed by atoms with Crippen molar-refractivity contribution in [2.75, 3.05) is 6.61 Å². The van der Waals surface area contributed by atoms with Crippen molar-refractivity contribution in [3.05, 3.63) is 0 Å². The molecule has 0 fully saturated rings. The highest BCUT2D eigenvalue weighted by atomic mass is 32.3. The van der Waals surface area contributed by atoms with Crippen LogP contribution >= 0.6 is 0 Å². The highest BCUT2D eigenvalue weighted by Gasteiger charge is 2.17. The molecule has 1 atom stereocenters. The highest BCUT2D eigenvalue weighted by Crippen LogP contribution is 2.24. The molecule has 0 bridgehead atoms. The van der Waals surface area contributed by atoms with Gasteiger partial charge < -0.3 is 5.11 Å². The van der Waals surface area contributed by atoms with Crippen LogP contribution in [0.5, 0.6) is 0 Å². The maximum absolute atomic E-state index is 10.9. The van der Waals surface area contributed by atoms with E-state index in [0.29, 0.717) is 12.3 Å². The summed E-state index contributed by atoms with van der Waals surface area (Å²) in [5.41, 5.74) is 0. The van der Waals surface area contributed by atoms with Gasteiger partial charge in [0.05, 0.1) is 12.7 Å². The zero-order valence-electron chi connectivity index (χ0n) is 31.1. The van der Waals surface area contributed by atoms with Crippen molar-refractivity contribution < 1.29 is 22.3 Å². The standard InChI is InChI=1S/C40H82O5S/c1-3-5-7-9-11-13-15-17-19-21-23-25-27-29-31-33-35-39(37-40(41)38-45-46(42,43)44)36-34-32-30-28-26-24-22-20-18-16-14-12-10-8-6-4-2/h39-41H,3-38H2,1-2H3,(H,42,43,44). The highest BCUT2D eigenvalue weighted by molar-refractivity contribution is 7.80. The first-order valence-corrected chi connectivity index (χ1v) is 22.1. The molecule has 278 valence electrons. The van der Waals surface area contributed by atoms with Gasteiger partial charge in [-0.1, -0.05) is 232 Å². The molecule has 0 saturated heterocycles. The van der Waals surface area contributed by atoms with Crippen molar-refractivity contribution in [2.24, 2.45) is 5.92 Å². The molecule has 0 aromatic rings. The molecule has 0 spiro atoms. The van der Waals surface area contributed by atoms with Crippen molar-refractivity contribution in [3.8, 4) is 0 Å². The van der Waals surface area contributed by atoms with E-state index in [9.17, 15) is 13.5 Å². The Labute approximate surface area is 289 Å². The molecule has 1 unspecified atom stereocenters. The predicted molar refractivity (Wildman–Crippen MR) is 200 cm³/mol. The lowest BCUT2D eigenvalue weighted by molar-refractivity contribution is 0.0777. The van der Waals surface area contributed by atoms with E-state index in [1.165, 1.54) is 205 Å². The summed E-state index contributed by atoms with van der Waals surface area (Å²) >= 11 is 0. The molecule has 0 aliphatic heterocycles. The zero-order valence-corrected chi connectivity index (χ0v) is 32.0. The van der Waals surface area contributed by atoms with Crippen LogP contribution in [0.15, 0.2) is 0 Å². The molecule has 0 aromatic heterocycles. The average molecular weight is 675 g/mol. The Bertz CT molecular complexity index is 647. The van der Waals surface area contributed by atoms with Gasteiger partial charge in [0.2, 0.25) is 0 Å². The van der Waals surface area contributed by atoms with E-state index in [0.717, 1.165) is 12.8 Å². The Hall–Kier alpha value is -0.170. The van der Waals surface area contributed by atoms with Gasteiger partial charge >= 0.3 is 10.4 Å². The summed E-state index contributed by atoms with van der Waals surface area (Å²) in [4.78, 5) is 0. The van der Waals surface area contributed by atoms with Gasteiger partial charge in [0.25, 0.3) is 0 Å². The van der Waals surface area contributed by atoms with Crippen molar-refractivity contribution in [1.82, 2.24) is 0 Å². The van der Waals surface area contributed by atoms with Crippen LogP contribution in [0.1, 0.15) is 239 Å². The van der Waals surface area contributed by atoms with E-state index in [-0.39, 0.29) is 6.61 Å². The second kappa shape index (κ2) is 36.1. The van der Waals surface area contributed by atoms with E-state index in [2.05, 4.69) is 18.0 Å². The van der Waals surface area contributed by atoms with E-state index in [1.807, 2.05) is 0 Å². The third-order valence-corrected chi connectivity index (χ3v) is 10.4. The molecule has 0 saturated carbocycles. The van der Waals surface area contributed by atoms with Gasteiger partial charge in [0, 0.05) is 0 Å². The predicted octanol–water partition coefficient (Wildman–Crippen LogP) is 13.5. The van der Waals surface area contributed by atoms with Crippen molar-refractivity contribution >= 4 is 10.4 Å². The van der Waals surface area contributed by atoms with Crippen LogP contribution in [0.3, 0.4) is 0 Å². The molecule has 6 heteroatoms. The second-order valence-electron chi connectivity index (χ2n) is 14.7. The van der Waals surface area contributed by atoms with Gasteiger partial charge in [0.1, 0.15) is 0 Å². The van der Waals surface area contributed by atoms with Crippen LogP contribution in [0, 0.1) is 5.92 Å². The maximum atomic E-state index is 10.9. The largest absolute Gasteiger partial charge is 0.397 e. The van der Waals surface area contributed by atoms with Gasteiger partial charge in [0.15, 0.2) is 0 Å². The normalized spacial score (nSPS) is 12.8. The van der Waals surface area contributed by atoms with Gasteiger partial charge in [-0.2, -0.15) is 8.42 Å². The summed E-state index contributed by atoms with van der Waals surface area (Å²) in [6, 6.07) is 0. The average Bonchev–Trinajstić information content (AvgIpc) is 3.02. The summed E-state index contributed by atoms with van der Waals surface area (Å²) < 4.78 is 35.1. The number of aliphatic hydroxyl groups excluding tert-OH is 1. The molecule has 0 aliphatic carbocycles. The first-order valence-electron chi connectivity index (χ1n) is 20.7. The molecule has 0 radical (unpaired) electrons. The minimum Gasteiger partial charge on any atom is -0.391 e. The summed E-state index contributed by atoms with van der Waals surface area (Å²) in [5, 5.41) is 10.4. The minimum atomic E-state index is -4.50. The zero-order chi connectivity index (χ0) is 33.8. The molecular formula is C40H82O5S.